The first kappa shape index (κ1) is 11.6. The minimum Gasteiger partial charge on any atom is -0.497 e. The highest BCUT2D eigenvalue weighted by atomic mass is 16.5. The number of hydrogen-bond acceptors (Lipinski definition) is 3. The van der Waals surface area contributed by atoms with Gasteiger partial charge in [0.25, 0.3) is 0 Å². The molecule has 1 aromatic carbocycles. The first-order valence-corrected chi connectivity index (χ1v) is 6.49. The molecule has 0 radical (unpaired) electrons. The summed E-state index contributed by atoms with van der Waals surface area (Å²) in [6.07, 6.45) is 5.96. The number of fused-ring (bicyclic) bond motifs is 2. The first-order valence-electron chi connectivity index (χ1n) is 6.49. The Morgan fingerprint density at radius 3 is 2.78 bits per heavy atom. The SMILES string of the molecule is COc1ccc(OC)c(C2=CC3CCC(C2)N3)c1. The van der Waals surface area contributed by atoms with Gasteiger partial charge in [-0.25, -0.2) is 0 Å². The summed E-state index contributed by atoms with van der Waals surface area (Å²) in [7, 11) is 3.42. The third-order valence-corrected chi connectivity index (χ3v) is 3.90. The van der Waals surface area contributed by atoms with Gasteiger partial charge in [0.15, 0.2) is 0 Å². The van der Waals surface area contributed by atoms with Crippen LogP contribution in [0, 0.1) is 0 Å². The van der Waals surface area contributed by atoms with E-state index in [0.717, 1.165) is 17.9 Å². The Balaban J connectivity index is 2.00. The molecule has 1 aromatic rings. The van der Waals surface area contributed by atoms with Gasteiger partial charge in [0, 0.05) is 17.6 Å². The standard InChI is InChI=1S/C15H19NO2/c1-17-13-5-6-15(18-2)14(9-13)10-7-11-3-4-12(8-10)16-11/h5-7,9,11-12,16H,3-4,8H2,1-2H3. The van der Waals surface area contributed by atoms with Gasteiger partial charge in [-0.15, -0.1) is 0 Å². The highest BCUT2D eigenvalue weighted by Crippen LogP contribution is 2.37. The van der Waals surface area contributed by atoms with Crippen LogP contribution in [0.15, 0.2) is 24.3 Å². The van der Waals surface area contributed by atoms with Gasteiger partial charge in [0.05, 0.1) is 14.2 Å². The Labute approximate surface area is 108 Å². The van der Waals surface area contributed by atoms with E-state index in [1.807, 2.05) is 12.1 Å². The second-order valence-corrected chi connectivity index (χ2v) is 5.01. The Kier molecular flexibility index (Phi) is 3.00. The van der Waals surface area contributed by atoms with Gasteiger partial charge in [0.1, 0.15) is 11.5 Å². The van der Waals surface area contributed by atoms with Gasteiger partial charge >= 0.3 is 0 Å². The van der Waals surface area contributed by atoms with E-state index in [4.69, 9.17) is 9.47 Å². The molecule has 3 nitrogen and oxygen atoms in total. The van der Waals surface area contributed by atoms with Crippen LogP contribution in [0.5, 0.6) is 11.5 Å². The lowest BCUT2D eigenvalue weighted by Gasteiger charge is -2.23. The van der Waals surface area contributed by atoms with E-state index >= 15 is 0 Å². The maximum Gasteiger partial charge on any atom is 0.126 e. The number of ether oxygens (including phenoxy) is 2. The summed E-state index contributed by atoms with van der Waals surface area (Å²) in [6.45, 7) is 0. The van der Waals surface area contributed by atoms with E-state index in [1.165, 1.54) is 24.0 Å². The van der Waals surface area contributed by atoms with Gasteiger partial charge in [-0.1, -0.05) is 6.08 Å². The number of rotatable bonds is 3. The lowest BCUT2D eigenvalue weighted by Crippen LogP contribution is -2.32. The third-order valence-electron chi connectivity index (χ3n) is 3.90. The largest absolute Gasteiger partial charge is 0.497 e. The molecule has 2 unspecified atom stereocenters. The predicted octanol–water partition coefficient (Wildman–Crippen LogP) is 2.61. The van der Waals surface area contributed by atoms with E-state index in [9.17, 15) is 0 Å². The normalized spacial score (nSPS) is 25.8. The summed E-state index contributed by atoms with van der Waals surface area (Å²) >= 11 is 0. The molecule has 1 N–H and O–H groups in total. The van der Waals surface area contributed by atoms with Crippen molar-refractivity contribution in [2.45, 2.75) is 31.3 Å². The lowest BCUT2D eigenvalue weighted by atomic mass is 9.95. The second-order valence-electron chi connectivity index (χ2n) is 5.01. The summed E-state index contributed by atoms with van der Waals surface area (Å²) in [6, 6.07) is 7.17. The van der Waals surface area contributed by atoms with E-state index in [1.54, 1.807) is 14.2 Å². The molecule has 2 atom stereocenters. The fourth-order valence-corrected chi connectivity index (χ4v) is 2.98. The smallest absolute Gasteiger partial charge is 0.126 e. The van der Waals surface area contributed by atoms with E-state index in [-0.39, 0.29) is 0 Å². The number of hydrogen-bond donors (Lipinski definition) is 1. The summed E-state index contributed by atoms with van der Waals surface area (Å²) in [5, 5.41) is 3.61. The molecule has 0 aliphatic carbocycles. The molecule has 0 amide bonds. The topological polar surface area (TPSA) is 30.5 Å². The number of benzene rings is 1. The molecule has 96 valence electrons. The molecule has 1 fully saturated rings. The van der Waals surface area contributed by atoms with Crippen molar-refractivity contribution in [1.29, 1.82) is 0 Å². The molecular formula is C15H19NO2. The maximum atomic E-state index is 5.47. The Morgan fingerprint density at radius 2 is 2.06 bits per heavy atom. The van der Waals surface area contributed by atoms with Crippen molar-refractivity contribution >= 4 is 5.57 Å². The van der Waals surface area contributed by atoms with Crippen LogP contribution in [0.2, 0.25) is 0 Å². The predicted molar refractivity (Wildman–Crippen MR) is 72.1 cm³/mol. The molecule has 2 aliphatic heterocycles. The van der Waals surface area contributed by atoms with Gasteiger partial charge in [-0.05, 0) is 43.0 Å². The second kappa shape index (κ2) is 4.65. The molecule has 3 rings (SSSR count). The van der Waals surface area contributed by atoms with Crippen LogP contribution in [0.3, 0.4) is 0 Å². The molecule has 0 aromatic heterocycles. The van der Waals surface area contributed by atoms with Crippen LogP contribution in [0.4, 0.5) is 0 Å². The summed E-state index contributed by atoms with van der Waals surface area (Å²) in [5.41, 5.74) is 2.56. The Bertz CT molecular complexity index is 481. The molecule has 2 bridgehead atoms. The fourth-order valence-electron chi connectivity index (χ4n) is 2.98. The molecule has 18 heavy (non-hydrogen) atoms. The van der Waals surface area contributed by atoms with Crippen molar-refractivity contribution in [3.63, 3.8) is 0 Å². The van der Waals surface area contributed by atoms with E-state index in [2.05, 4.69) is 17.5 Å². The molecule has 2 aliphatic rings. The van der Waals surface area contributed by atoms with Crippen molar-refractivity contribution in [1.82, 2.24) is 5.32 Å². The van der Waals surface area contributed by atoms with Gasteiger partial charge in [-0.3, -0.25) is 0 Å². The average molecular weight is 245 g/mol. The van der Waals surface area contributed by atoms with Gasteiger partial charge < -0.3 is 14.8 Å². The summed E-state index contributed by atoms with van der Waals surface area (Å²) in [5.74, 6) is 1.82. The minimum absolute atomic E-state index is 0.537. The quantitative estimate of drug-likeness (QED) is 0.888. The van der Waals surface area contributed by atoms with Crippen LogP contribution in [0.25, 0.3) is 5.57 Å². The minimum atomic E-state index is 0.537. The van der Waals surface area contributed by atoms with Crippen molar-refractivity contribution < 1.29 is 9.47 Å². The lowest BCUT2D eigenvalue weighted by molar-refractivity contribution is 0.401. The first-order chi connectivity index (χ1) is 8.80. The average Bonchev–Trinajstić information content (AvgIpc) is 2.76. The third kappa shape index (κ3) is 1.99. The fraction of sp³-hybridized carbons (Fsp3) is 0.467. The van der Waals surface area contributed by atoms with Crippen LogP contribution in [-0.2, 0) is 0 Å². The molecule has 3 heteroatoms. The monoisotopic (exact) mass is 245 g/mol. The zero-order valence-electron chi connectivity index (χ0n) is 10.9. The van der Waals surface area contributed by atoms with Gasteiger partial charge in [-0.2, -0.15) is 0 Å². The Hall–Kier alpha value is -1.48. The highest BCUT2D eigenvalue weighted by Gasteiger charge is 2.29. The van der Waals surface area contributed by atoms with E-state index < -0.39 is 0 Å². The zero-order valence-corrected chi connectivity index (χ0v) is 10.9. The van der Waals surface area contributed by atoms with Crippen molar-refractivity contribution in [3.05, 3.63) is 29.8 Å². The van der Waals surface area contributed by atoms with Crippen molar-refractivity contribution in [2.75, 3.05) is 14.2 Å². The van der Waals surface area contributed by atoms with Crippen LogP contribution < -0.4 is 14.8 Å². The van der Waals surface area contributed by atoms with Crippen LogP contribution in [0.1, 0.15) is 24.8 Å². The zero-order chi connectivity index (χ0) is 12.5. The molecule has 0 saturated carbocycles. The van der Waals surface area contributed by atoms with E-state index in [0.29, 0.717) is 12.1 Å². The Morgan fingerprint density at radius 1 is 1.17 bits per heavy atom. The maximum absolute atomic E-state index is 5.47. The summed E-state index contributed by atoms with van der Waals surface area (Å²) in [4.78, 5) is 0. The van der Waals surface area contributed by atoms with Gasteiger partial charge in [0.2, 0.25) is 0 Å². The van der Waals surface area contributed by atoms with Crippen molar-refractivity contribution in [3.8, 4) is 11.5 Å². The van der Waals surface area contributed by atoms with Crippen LogP contribution >= 0.6 is 0 Å². The van der Waals surface area contributed by atoms with Crippen LogP contribution in [-0.4, -0.2) is 26.3 Å². The molecule has 2 heterocycles. The van der Waals surface area contributed by atoms with Crippen molar-refractivity contribution in [2.24, 2.45) is 0 Å². The highest BCUT2D eigenvalue weighted by molar-refractivity contribution is 5.73. The molecule has 0 spiro atoms. The molecular weight excluding hydrogens is 226 g/mol. The number of methoxy groups -OCH3 is 2. The number of nitrogens with one attached hydrogen (secondary N) is 1. The summed E-state index contributed by atoms with van der Waals surface area (Å²) < 4.78 is 10.8. The molecule has 1 saturated heterocycles.